The van der Waals surface area contributed by atoms with Gasteiger partial charge in [0.05, 0.1) is 28.9 Å². The maximum absolute atomic E-state index is 13.7. The predicted molar refractivity (Wildman–Crippen MR) is 506 cm³/mol. The number of carbonyl (C=O) groups is 3. The number of piperidine rings is 1. The normalized spacial score (nSPS) is 16.3. The highest BCUT2D eigenvalue weighted by molar-refractivity contribution is 5.99. The van der Waals surface area contributed by atoms with Crippen molar-refractivity contribution in [2.45, 2.75) is 116 Å². The third kappa shape index (κ3) is 21.5. The Morgan fingerprint density at radius 3 is 1.08 bits per heavy atom. The van der Waals surface area contributed by atoms with E-state index in [-0.39, 0.29) is 58.1 Å². The maximum Gasteiger partial charge on any atom is 0.280 e. The van der Waals surface area contributed by atoms with E-state index in [9.17, 15) is 28.8 Å². The van der Waals surface area contributed by atoms with E-state index >= 15 is 0 Å². The van der Waals surface area contributed by atoms with E-state index in [0.717, 1.165) is 229 Å². The van der Waals surface area contributed by atoms with Crippen molar-refractivity contribution < 1.29 is 24.3 Å². The first-order valence-corrected chi connectivity index (χ1v) is 45.9. The third-order valence-corrected chi connectivity index (χ3v) is 26.0. The summed E-state index contributed by atoms with van der Waals surface area (Å²) in [6.07, 6.45) is 24.8. The highest BCUT2D eigenvalue weighted by Crippen LogP contribution is 2.32. The van der Waals surface area contributed by atoms with Gasteiger partial charge in [-0.25, -0.2) is 20.4 Å². The molecular weight excluding hydrogens is 1620 g/mol. The predicted octanol–water partition coefficient (Wildman–Crippen LogP) is 10.8. The number of nitrogens with zero attached hydrogens (tertiary/aromatic N) is 16. The number of nitrogens with one attached hydrogen (secondary N) is 5. The fourth-order valence-electron chi connectivity index (χ4n) is 18.2. The fourth-order valence-corrected chi connectivity index (χ4v) is 18.2. The molecular formula is C100H117N21O8. The first-order chi connectivity index (χ1) is 62.8. The summed E-state index contributed by atoms with van der Waals surface area (Å²) in [5.41, 5.74) is 19.5. The molecule has 0 radical (unpaired) electrons. The van der Waals surface area contributed by atoms with E-state index in [0.29, 0.717) is 53.3 Å². The van der Waals surface area contributed by atoms with Crippen molar-refractivity contribution in [1.29, 1.82) is 0 Å². The van der Waals surface area contributed by atoms with E-state index in [1.54, 1.807) is 47.8 Å². The molecule has 4 aliphatic heterocycles. The number of aryl methyl sites for hydroxylation is 6. The Labute approximate surface area is 751 Å². The molecule has 6 N–H and O–H groups in total. The van der Waals surface area contributed by atoms with Gasteiger partial charge in [-0.3, -0.25) is 33.6 Å². The Hall–Kier alpha value is -12.3. The number of amides is 3. The molecule has 0 saturated carbocycles. The molecule has 6 aromatic heterocycles. The number of hydroxylamine groups is 1. The number of likely N-dealkylation sites (tertiary alicyclic amines) is 1. The number of aromatic nitrogens is 9. The van der Waals surface area contributed by atoms with Crippen molar-refractivity contribution in [1.82, 2.24) is 88.7 Å². The molecule has 4 fully saturated rings. The van der Waals surface area contributed by atoms with Gasteiger partial charge in [0.25, 0.3) is 17.7 Å². The van der Waals surface area contributed by atoms with Crippen molar-refractivity contribution in [3.8, 4) is 17.1 Å². The molecule has 29 nitrogen and oxygen atoms in total. The zero-order valence-corrected chi connectivity index (χ0v) is 74.7. The lowest BCUT2D eigenvalue weighted by molar-refractivity contribution is 0.0000934. The van der Waals surface area contributed by atoms with E-state index in [1.807, 2.05) is 45.9 Å². The van der Waals surface area contributed by atoms with Gasteiger partial charge in [-0.05, 0) is 254 Å². The number of hydrogen-bond acceptors (Lipinski definition) is 23. The zero-order chi connectivity index (χ0) is 89.0. The summed E-state index contributed by atoms with van der Waals surface area (Å²) in [5.74, 6) is -0.216. The van der Waals surface area contributed by atoms with Crippen LogP contribution in [0.2, 0.25) is 0 Å². The Bertz CT molecular complexity index is 6230. The number of benzene rings is 6. The molecule has 29 heteroatoms. The Kier molecular flexibility index (Phi) is 28.2. The molecule has 3 aliphatic carbocycles. The molecule has 12 aromatic rings. The van der Waals surface area contributed by atoms with E-state index in [2.05, 4.69) is 183 Å². The van der Waals surface area contributed by atoms with Crippen LogP contribution in [0.1, 0.15) is 134 Å². The monoisotopic (exact) mass is 1740 g/mol. The van der Waals surface area contributed by atoms with E-state index in [1.165, 1.54) is 62.5 Å². The highest BCUT2D eigenvalue weighted by atomic mass is 16.7. The minimum absolute atomic E-state index is 0.0204. The van der Waals surface area contributed by atoms with Gasteiger partial charge in [-0.2, -0.15) is 15.0 Å². The minimum atomic E-state index is -0.606. The Morgan fingerprint density at radius 1 is 0.395 bits per heavy atom. The number of likely N-dealkylation sites (N-methyl/N-ethyl adjacent to an activating group) is 3. The summed E-state index contributed by atoms with van der Waals surface area (Å²) in [7, 11) is 6.53. The molecule has 19 rings (SSSR count). The molecule has 4 saturated heterocycles. The smallest absolute Gasteiger partial charge is 0.280 e. The summed E-state index contributed by atoms with van der Waals surface area (Å²) in [4.78, 5) is 129. The first-order valence-electron chi connectivity index (χ1n) is 45.9. The second kappa shape index (κ2) is 41.0. The van der Waals surface area contributed by atoms with Gasteiger partial charge in [-0.1, -0.05) is 54.6 Å². The van der Waals surface area contributed by atoms with Crippen LogP contribution in [0.4, 0.5) is 34.9 Å². The highest BCUT2D eigenvalue weighted by Gasteiger charge is 2.28. The number of fused-ring (bicyclic) bond motifs is 6. The van der Waals surface area contributed by atoms with Gasteiger partial charge < -0.3 is 74.4 Å². The number of anilines is 6. The molecule has 10 heterocycles. The van der Waals surface area contributed by atoms with Gasteiger partial charge in [0, 0.05) is 189 Å². The summed E-state index contributed by atoms with van der Waals surface area (Å²) in [6, 6.07) is 43.9. The van der Waals surface area contributed by atoms with E-state index in [4.69, 9.17) is 24.9 Å². The first kappa shape index (κ1) is 88.7. The lowest BCUT2D eigenvalue weighted by Crippen LogP contribution is -2.45. The molecule has 0 bridgehead atoms. The number of hydrogen-bond donors (Lipinski definition) is 6. The lowest BCUT2D eigenvalue weighted by atomic mass is 10.1. The molecule has 0 unspecified atom stereocenters. The topological polar surface area (TPSA) is 307 Å². The zero-order valence-electron chi connectivity index (χ0n) is 74.7. The molecule has 0 spiro atoms. The second-order valence-corrected chi connectivity index (χ2v) is 35.5. The van der Waals surface area contributed by atoms with Crippen LogP contribution in [0.5, 0.6) is 0 Å². The largest absolute Gasteiger partial charge is 0.395 e. The van der Waals surface area contributed by atoms with Crippen LogP contribution in [-0.2, 0) is 62.6 Å². The van der Waals surface area contributed by atoms with Crippen molar-refractivity contribution in [3.05, 3.63) is 262 Å². The van der Waals surface area contributed by atoms with Crippen LogP contribution < -0.4 is 43.0 Å². The van der Waals surface area contributed by atoms with Gasteiger partial charge in [-0.15, -0.1) is 0 Å². The maximum atomic E-state index is 13.7. The Balaban J connectivity index is 0.000000136. The average Bonchev–Trinajstić information content (AvgIpc) is 1.24. The minimum Gasteiger partial charge on any atom is -0.395 e. The van der Waals surface area contributed by atoms with Crippen LogP contribution in [0, 0.1) is 0 Å². The average molecular weight is 1740 g/mol. The second-order valence-electron chi connectivity index (χ2n) is 35.5. The SMILES string of the molecule is CC(C)ONC(=O)c1cn(-c2ccc3c(c2)CCC3)c2nc(Nc3ccc(CCN4CCN(C)CC4)cc3)ncc2c1=O.CN1CCN(CCc2ccc(Nc3ncc4c(=O)c(C(=O)N5CCCCC5)cn(-c5ccc6c(c5)CCC6)c4n3)cc2)CC1.CN1CCN(CCc2ccc(Nc3ncc4c(=O)c(C(=O)NCCO)cn(-c5ccc6c(c5)CCC6)c4n3)cc2)CC1. The van der Waals surface area contributed by atoms with Crippen LogP contribution >= 0.6 is 0 Å². The van der Waals surface area contributed by atoms with Crippen molar-refractivity contribution >= 4 is 85.7 Å². The third-order valence-electron chi connectivity index (χ3n) is 26.0. The molecule has 7 aliphatic rings. The van der Waals surface area contributed by atoms with Crippen LogP contribution in [0.15, 0.2) is 179 Å². The molecule has 670 valence electrons. The van der Waals surface area contributed by atoms with Gasteiger partial charge in [0.2, 0.25) is 34.1 Å². The standard InChI is InChI=1S/C35H41N7O2.C33H39N7O3.C32H37N7O3/c1-39-18-20-40(21-19-39)17-14-25-8-11-28(12-9-25)37-35-36-23-30-32(43)31(34(44)41-15-3-2-4-16-41)24-42(33(30)38-35)29-13-10-26-6-5-7-27(26)22-29;1-22(2)43-37-32(42)29-21-40(27-12-9-24-5-4-6-25(24)19-27)31-28(30(29)41)20-34-33(36-31)35-26-10-7-23(8-11-26)13-14-39-17-15-38(3)16-18-39;1-37-14-16-38(17-15-37)13-11-22-5-8-25(9-6-22)35-32-34-20-27-29(41)28(31(42)33-12-18-40)21-39(30(27)36-32)26-10-7-23-3-2-4-24(23)19-26/h8-13,22-24H,2-7,14-21H2,1H3,(H,36,37,38);7-12,19-22H,4-6,13-18H2,1-3H3,(H,37,42)(H,34,35,36);5-10,19-21,40H,2-4,11-18H2,1H3,(H,33,42)(H,34,35,36). The summed E-state index contributed by atoms with van der Waals surface area (Å²) in [6.45, 7) is 21.4. The summed E-state index contributed by atoms with van der Waals surface area (Å²) < 4.78 is 5.49. The van der Waals surface area contributed by atoms with Gasteiger partial charge in [0.15, 0.2) is 16.9 Å². The number of piperazine rings is 3. The summed E-state index contributed by atoms with van der Waals surface area (Å²) >= 11 is 0. The molecule has 129 heavy (non-hydrogen) atoms. The Morgan fingerprint density at radius 2 is 0.729 bits per heavy atom. The quantitative estimate of drug-likeness (QED) is 0.0290. The van der Waals surface area contributed by atoms with Crippen LogP contribution in [-0.4, -0.2) is 252 Å². The fraction of sp³-hybridized carbons (Fsp3) is 0.400. The molecule has 0 atom stereocenters. The van der Waals surface area contributed by atoms with E-state index < -0.39 is 22.7 Å². The summed E-state index contributed by atoms with van der Waals surface area (Å²) in [5, 5.41) is 22.5. The number of aliphatic hydroxyl groups excluding tert-OH is 1. The molecule has 6 aromatic carbocycles. The van der Waals surface area contributed by atoms with Crippen molar-refractivity contribution in [3.63, 3.8) is 0 Å². The number of rotatable bonds is 25. The van der Waals surface area contributed by atoms with Gasteiger partial charge >= 0.3 is 0 Å². The van der Waals surface area contributed by atoms with Crippen LogP contribution in [0.25, 0.3) is 50.2 Å². The molecule has 3 amide bonds. The van der Waals surface area contributed by atoms with Gasteiger partial charge in [0.1, 0.15) is 16.7 Å². The van der Waals surface area contributed by atoms with Crippen LogP contribution in [0.3, 0.4) is 0 Å². The lowest BCUT2D eigenvalue weighted by Gasteiger charge is -2.32. The number of carbonyl (C=O) groups excluding carboxylic acids is 3. The number of pyridine rings is 3. The number of aliphatic hydroxyl groups is 1. The van der Waals surface area contributed by atoms with Crippen molar-refractivity contribution in [2.24, 2.45) is 0 Å². The van der Waals surface area contributed by atoms with Crippen molar-refractivity contribution in [2.75, 3.05) is 162 Å².